The van der Waals surface area contributed by atoms with Crippen molar-refractivity contribution in [2.75, 3.05) is 6.79 Å². The molecule has 4 atom stereocenters. The number of aromatic amines is 1. The van der Waals surface area contributed by atoms with Gasteiger partial charge in [0.05, 0.1) is 17.5 Å². The second kappa shape index (κ2) is 14.1. The lowest BCUT2D eigenvalue weighted by molar-refractivity contribution is -0.130. The molecular formula is C40H38Cl2N6O7. The van der Waals surface area contributed by atoms with E-state index in [1.807, 2.05) is 64.1 Å². The minimum Gasteiger partial charge on any atom is -0.508 e. The number of hydrogen-bond donors (Lipinski definition) is 6. The number of halogens is 2. The van der Waals surface area contributed by atoms with Crippen molar-refractivity contribution in [3.8, 4) is 45.5 Å². The monoisotopic (exact) mass is 784 g/mol. The van der Waals surface area contributed by atoms with Crippen LogP contribution < -0.4 is 21.1 Å². The van der Waals surface area contributed by atoms with E-state index in [0.29, 0.717) is 50.0 Å². The number of aromatic hydroxyl groups is 1. The van der Waals surface area contributed by atoms with Crippen LogP contribution in [0.5, 0.6) is 11.5 Å². The number of hydrogen-bond acceptors (Lipinski definition) is 10. The predicted octanol–water partition coefficient (Wildman–Crippen LogP) is 6.82. The van der Waals surface area contributed by atoms with Gasteiger partial charge < -0.3 is 45.1 Å². The van der Waals surface area contributed by atoms with E-state index < -0.39 is 42.7 Å². The van der Waals surface area contributed by atoms with E-state index in [9.17, 15) is 19.8 Å². The molecule has 0 fully saturated rings. The predicted molar refractivity (Wildman–Crippen MR) is 206 cm³/mol. The van der Waals surface area contributed by atoms with Crippen LogP contribution in [0.2, 0.25) is 10.3 Å². The quantitative estimate of drug-likeness (QED) is 0.0972. The zero-order valence-corrected chi connectivity index (χ0v) is 31.7. The third-order valence-corrected chi connectivity index (χ3v) is 10.8. The smallest absolute Gasteiger partial charge is 0.250 e. The molecule has 6 aromatic rings. The molecule has 13 nitrogen and oxygen atoms in total. The standard InChI is InChI=1S/C40H38Cl2N6O7/c1-16(2)29(43)38(52)45-24-14-18-11-12-25(50)22(13-18)26-21-9-5-8-20(32(21)53-15-49)19-7-6-10-23-27(19)28(35(41)44-23)34-36(42)48-40(55-34)31-33(26)54-39(47-31)30(17(3)4)46-37(24)51/h5-13,16-17,24,26,29-30,44,49-50H,14-15,43H2,1-4H3,(H,45,52)(H,46,51)/t24-,26?,29?,30-/m0/s1. The number of nitrogens with two attached hydrogens (primary N) is 1. The summed E-state index contributed by atoms with van der Waals surface area (Å²) in [5.41, 5.74) is 10.2. The van der Waals surface area contributed by atoms with Crippen molar-refractivity contribution in [3.05, 3.63) is 93.2 Å². The van der Waals surface area contributed by atoms with E-state index >= 15 is 0 Å². The number of oxazole rings is 2. The van der Waals surface area contributed by atoms with Crippen LogP contribution in [0.1, 0.15) is 68.0 Å². The van der Waals surface area contributed by atoms with Gasteiger partial charge >= 0.3 is 0 Å². The summed E-state index contributed by atoms with van der Waals surface area (Å²) < 4.78 is 19.3. The highest BCUT2D eigenvalue weighted by molar-refractivity contribution is 6.37. The minimum atomic E-state index is -1.05. The lowest BCUT2D eigenvalue weighted by Crippen LogP contribution is -2.54. The number of phenols is 1. The van der Waals surface area contributed by atoms with Crippen LogP contribution in [0.3, 0.4) is 0 Å². The number of nitrogens with zero attached hydrogens (tertiary/aromatic N) is 2. The van der Waals surface area contributed by atoms with Gasteiger partial charge in [-0.3, -0.25) is 9.59 Å². The highest BCUT2D eigenvalue weighted by Crippen LogP contribution is 2.52. The molecule has 15 heteroatoms. The van der Waals surface area contributed by atoms with Crippen LogP contribution in [0.15, 0.2) is 63.4 Å². The van der Waals surface area contributed by atoms with Crippen LogP contribution in [-0.4, -0.2) is 55.9 Å². The Balaban J connectivity index is 1.46. The fraction of sp³-hybridized carbons (Fsp3) is 0.300. The number of aliphatic hydroxyl groups is 1. The van der Waals surface area contributed by atoms with E-state index in [4.69, 9.17) is 47.5 Å². The maximum Gasteiger partial charge on any atom is 0.250 e. The zero-order valence-electron chi connectivity index (χ0n) is 30.2. The number of carbonyl (C=O) groups excluding carboxylic acids is 2. The molecule has 8 bridgehead atoms. The SMILES string of the molecule is CC(C)C(N)C(=O)N[C@H]1Cc2ccc(O)c(c2)C2c3cccc(c3OCO)-c3cccc4[nH]c(Cl)c(c34)-c3oc(nc3Cl)-c3nc(oc32)[C@H](C(C)C)NC1=O. The molecule has 5 heterocycles. The first kappa shape index (κ1) is 36.6. The Morgan fingerprint density at radius 3 is 2.56 bits per heavy atom. The summed E-state index contributed by atoms with van der Waals surface area (Å²) in [5.74, 6) is -1.74. The number of ether oxygens (including phenoxy) is 1. The second-order valence-electron chi connectivity index (χ2n) is 14.5. The molecule has 0 saturated carbocycles. The molecule has 0 radical (unpaired) electrons. The molecule has 2 aliphatic heterocycles. The Labute approximate surface area is 325 Å². The van der Waals surface area contributed by atoms with Crippen LogP contribution in [0.25, 0.3) is 44.9 Å². The number of benzene rings is 3. The molecule has 7 N–H and O–H groups in total. The van der Waals surface area contributed by atoms with Gasteiger partial charge in [0.15, 0.2) is 23.4 Å². The number of para-hydroxylation sites is 1. The largest absolute Gasteiger partial charge is 0.508 e. The number of amides is 2. The van der Waals surface area contributed by atoms with Crippen molar-refractivity contribution in [3.63, 3.8) is 0 Å². The van der Waals surface area contributed by atoms with Crippen LogP contribution >= 0.6 is 23.2 Å². The third kappa shape index (κ3) is 6.21. The van der Waals surface area contributed by atoms with Crippen molar-refractivity contribution in [2.24, 2.45) is 17.6 Å². The number of phenolic OH excluding ortho intramolecular Hbond substituents is 1. The van der Waals surface area contributed by atoms with Gasteiger partial charge in [0.2, 0.25) is 17.7 Å². The Hall–Kier alpha value is -5.34. The van der Waals surface area contributed by atoms with Crippen molar-refractivity contribution >= 4 is 45.9 Å². The summed E-state index contributed by atoms with van der Waals surface area (Å²) in [6.07, 6.45) is 0.0597. The molecule has 2 unspecified atom stereocenters. The maximum atomic E-state index is 14.2. The van der Waals surface area contributed by atoms with Gasteiger partial charge in [-0.1, -0.05) is 93.4 Å². The number of nitrogens with one attached hydrogen (secondary N) is 3. The lowest BCUT2D eigenvalue weighted by Gasteiger charge is -2.27. The van der Waals surface area contributed by atoms with Crippen molar-refractivity contribution in [1.29, 1.82) is 0 Å². The summed E-state index contributed by atoms with van der Waals surface area (Å²) in [7, 11) is 0. The van der Waals surface area contributed by atoms with E-state index in [1.165, 1.54) is 6.07 Å². The van der Waals surface area contributed by atoms with Crippen LogP contribution in [0.4, 0.5) is 0 Å². The van der Waals surface area contributed by atoms with Crippen molar-refractivity contribution < 1.29 is 33.4 Å². The van der Waals surface area contributed by atoms with Gasteiger partial charge in [-0.25, -0.2) is 4.98 Å². The van der Waals surface area contributed by atoms with E-state index in [1.54, 1.807) is 12.1 Å². The number of aliphatic hydroxyl groups excluding tert-OH is 1. The van der Waals surface area contributed by atoms with E-state index in [0.717, 1.165) is 0 Å². The molecule has 55 heavy (non-hydrogen) atoms. The molecule has 8 rings (SSSR count). The molecule has 0 aliphatic carbocycles. The Morgan fingerprint density at radius 2 is 1.82 bits per heavy atom. The highest BCUT2D eigenvalue weighted by Gasteiger charge is 2.39. The molecule has 3 aromatic heterocycles. The fourth-order valence-corrected chi connectivity index (χ4v) is 7.95. The fourth-order valence-electron chi connectivity index (χ4n) is 7.46. The van der Waals surface area contributed by atoms with Crippen molar-refractivity contribution in [1.82, 2.24) is 25.6 Å². The first-order valence-electron chi connectivity index (χ1n) is 17.9. The number of rotatable bonds is 6. The number of H-pyrrole nitrogens is 1. The molecule has 3 aromatic carbocycles. The Bertz CT molecular complexity index is 2490. The number of fused-ring (bicyclic) bond motifs is 12. The molecular weight excluding hydrogens is 747 g/mol. The maximum absolute atomic E-state index is 14.2. The van der Waals surface area contributed by atoms with Crippen LogP contribution in [0, 0.1) is 11.8 Å². The normalized spacial score (nSPS) is 18.2. The van der Waals surface area contributed by atoms with Crippen molar-refractivity contribution in [2.45, 2.75) is 58.2 Å². The summed E-state index contributed by atoms with van der Waals surface area (Å²) in [5, 5.41) is 29.0. The second-order valence-corrected chi connectivity index (χ2v) is 15.3. The molecule has 2 aliphatic rings. The zero-order chi connectivity index (χ0) is 38.9. The summed E-state index contributed by atoms with van der Waals surface area (Å²) >= 11 is 13.7. The van der Waals surface area contributed by atoms with Gasteiger partial charge in [-0.2, -0.15) is 4.98 Å². The van der Waals surface area contributed by atoms with Gasteiger partial charge in [-0.15, -0.1) is 0 Å². The summed E-state index contributed by atoms with van der Waals surface area (Å²) in [6.45, 7) is 6.76. The molecule has 2 amide bonds. The number of carbonyl (C=O) groups is 2. The van der Waals surface area contributed by atoms with Crippen LogP contribution in [-0.2, 0) is 16.0 Å². The average Bonchev–Trinajstić information content (AvgIpc) is 3.84. The Kier molecular flexibility index (Phi) is 9.36. The van der Waals surface area contributed by atoms with Gasteiger partial charge in [-0.05, 0) is 35.1 Å². The van der Waals surface area contributed by atoms with Gasteiger partial charge in [0.1, 0.15) is 34.5 Å². The van der Waals surface area contributed by atoms with E-state index in [-0.39, 0.29) is 63.3 Å². The van der Waals surface area contributed by atoms with E-state index in [2.05, 4.69) is 20.6 Å². The Morgan fingerprint density at radius 1 is 1.05 bits per heavy atom. The molecule has 0 saturated heterocycles. The highest BCUT2D eigenvalue weighted by atomic mass is 35.5. The molecule has 0 spiro atoms. The molecule has 284 valence electrons. The third-order valence-electron chi connectivity index (χ3n) is 10.3. The topological polar surface area (TPSA) is 202 Å². The number of aromatic nitrogens is 3. The minimum absolute atomic E-state index is 0.00658. The summed E-state index contributed by atoms with van der Waals surface area (Å²) in [6, 6.07) is 13.3. The van der Waals surface area contributed by atoms with Gasteiger partial charge in [0, 0.05) is 34.0 Å². The first-order chi connectivity index (χ1) is 26.4. The first-order valence-corrected chi connectivity index (χ1v) is 18.6. The van der Waals surface area contributed by atoms with Gasteiger partial charge in [0.25, 0.3) is 5.89 Å². The lowest BCUT2D eigenvalue weighted by atomic mass is 9.83. The average molecular weight is 786 g/mol. The summed E-state index contributed by atoms with van der Waals surface area (Å²) in [4.78, 5) is 40.2.